The van der Waals surface area contributed by atoms with Crippen molar-refractivity contribution in [2.24, 2.45) is 0 Å². The minimum atomic E-state index is -4.79. The summed E-state index contributed by atoms with van der Waals surface area (Å²) in [4.78, 5) is 14.0. The van der Waals surface area contributed by atoms with Crippen LogP contribution >= 0.6 is 0 Å². The van der Waals surface area contributed by atoms with E-state index in [-0.39, 0.29) is 39.5 Å². The number of methoxy groups -OCH3 is 1. The molecule has 3 aromatic rings. The fraction of sp³-hybridized carbons (Fsp3) is 0.367. The zero-order chi connectivity index (χ0) is 31.1. The Kier molecular flexibility index (Phi) is 8.48. The zero-order valence-electron chi connectivity index (χ0n) is 23.0. The molecule has 0 aromatic heterocycles. The number of carbonyl (C=O) groups is 1. The first-order chi connectivity index (χ1) is 19.5. The van der Waals surface area contributed by atoms with Gasteiger partial charge in [0.25, 0.3) is 0 Å². The molecular weight excluding hydrogens is 574 g/mol. The summed E-state index contributed by atoms with van der Waals surface area (Å²) in [6, 6.07) is 7.12. The van der Waals surface area contributed by atoms with E-state index >= 15 is 0 Å². The number of cyclic esters (lactones) is 1. The summed E-state index contributed by atoms with van der Waals surface area (Å²) >= 11 is 0. The molecule has 0 spiro atoms. The van der Waals surface area contributed by atoms with Crippen molar-refractivity contribution in [2.45, 2.75) is 64.4 Å². The number of hydrogen-bond acceptors (Lipinski definition) is 3. The lowest BCUT2D eigenvalue weighted by molar-refractivity contribution is -0.138. The molecule has 0 radical (unpaired) electrons. The van der Waals surface area contributed by atoms with Gasteiger partial charge >= 0.3 is 18.4 Å². The Labute approximate surface area is 236 Å². The van der Waals surface area contributed by atoms with Crippen molar-refractivity contribution in [2.75, 3.05) is 7.11 Å². The van der Waals surface area contributed by atoms with E-state index < -0.39 is 60.8 Å². The van der Waals surface area contributed by atoms with Gasteiger partial charge in [-0.1, -0.05) is 19.9 Å². The van der Waals surface area contributed by atoms with Crippen LogP contribution in [-0.4, -0.2) is 24.1 Å². The normalized spacial score (nSPS) is 17.6. The highest BCUT2D eigenvalue weighted by Crippen LogP contribution is 2.42. The van der Waals surface area contributed by atoms with Gasteiger partial charge in [0.2, 0.25) is 0 Å². The van der Waals surface area contributed by atoms with E-state index in [0.717, 1.165) is 35.2 Å². The molecule has 0 N–H and O–H groups in total. The van der Waals surface area contributed by atoms with Crippen LogP contribution in [0.5, 0.6) is 5.75 Å². The van der Waals surface area contributed by atoms with Crippen LogP contribution in [0.3, 0.4) is 0 Å². The molecule has 0 aliphatic carbocycles. The minimum absolute atomic E-state index is 0.0161. The third-order valence-electron chi connectivity index (χ3n) is 7.22. The van der Waals surface area contributed by atoms with Crippen molar-refractivity contribution in [1.29, 1.82) is 0 Å². The van der Waals surface area contributed by atoms with Crippen molar-refractivity contribution in [3.8, 4) is 16.9 Å². The number of ether oxygens (including phenoxy) is 2. The Morgan fingerprint density at radius 2 is 1.60 bits per heavy atom. The number of hydrogen-bond donors (Lipinski definition) is 0. The van der Waals surface area contributed by atoms with Gasteiger partial charge in [0.1, 0.15) is 24.3 Å². The number of alkyl halides is 7. The number of nitrogens with zero attached hydrogens (tertiary/aromatic N) is 1. The maximum atomic E-state index is 14.7. The molecule has 1 amide bonds. The maximum Gasteiger partial charge on any atom is 0.416 e. The van der Waals surface area contributed by atoms with Crippen LogP contribution in [0, 0.1) is 5.82 Å². The van der Waals surface area contributed by atoms with Gasteiger partial charge in [-0.25, -0.2) is 13.6 Å². The fourth-order valence-corrected chi connectivity index (χ4v) is 5.02. The largest absolute Gasteiger partial charge is 0.496 e. The molecule has 1 aliphatic rings. The standard InChI is InChI=1S/C30H27F8NO3/c1-15(2)23-11-24(26(41-4)12-25(23)32)22-6-5-20(29(33,34)35)10-19(22)14-39-16(3)27(42-28(39)40)18-7-17(13-31)8-21(9-18)30(36,37)38/h5-12,15-16,27H,13-14H2,1-4H3/t16-,27-/m0/s1. The third-order valence-corrected chi connectivity index (χ3v) is 7.22. The summed E-state index contributed by atoms with van der Waals surface area (Å²) in [6.45, 7) is 3.33. The Hall–Kier alpha value is -3.83. The molecule has 1 fully saturated rings. The van der Waals surface area contributed by atoms with Gasteiger partial charge in [-0.2, -0.15) is 26.3 Å². The summed E-state index contributed by atoms with van der Waals surface area (Å²) in [6.07, 6.45) is -11.8. The first kappa shape index (κ1) is 31.1. The van der Waals surface area contributed by atoms with Crippen LogP contribution in [0.15, 0.2) is 48.5 Å². The number of halogens is 8. The first-order valence-corrected chi connectivity index (χ1v) is 12.9. The van der Waals surface area contributed by atoms with E-state index in [1.54, 1.807) is 13.8 Å². The smallest absolute Gasteiger partial charge is 0.416 e. The highest BCUT2D eigenvalue weighted by molar-refractivity contribution is 5.76. The number of benzene rings is 3. The summed E-state index contributed by atoms with van der Waals surface area (Å²) < 4.78 is 120. The zero-order valence-corrected chi connectivity index (χ0v) is 23.0. The molecule has 4 nitrogen and oxygen atoms in total. The molecule has 42 heavy (non-hydrogen) atoms. The van der Waals surface area contributed by atoms with Crippen molar-refractivity contribution < 1.29 is 49.4 Å². The number of amides is 1. The summed E-state index contributed by atoms with van der Waals surface area (Å²) in [5.41, 5.74) is -1.69. The third kappa shape index (κ3) is 6.17. The molecule has 3 aromatic carbocycles. The molecular formula is C30H27F8NO3. The van der Waals surface area contributed by atoms with Crippen molar-refractivity contribution in [1.82, 2.24) is 4.90 Å². The van der Waals surface area contributed by atoms with Gasteiger partial charge in [0.05, 0.1) is 30.8 Å². The summed E-state index contributed by atoms with van der Waals surface area (Å²) in [5.74, 6) is -0.786. The average Bonchev–Trinajstić information content (AvgIpc) is 3.19. The van der Waals surface area contributed by atoms with Gasteiger partial charge in [0.15, 0.2) is 0 Å². The van der Waals surface area contributed by atoms with Gasteiger partial charge in [-0.3, -0.25) is 4.90 Å². The van der Waals surface area contributed by atoms with Crippen LogP contribution < -0.4 is 4.74 Å². The topological polar surface area (TPSA) is 38.8 Å². The molecule has 226 valence electrons. The van der Waals surface area contributed by atoms with Crippen LogP contribution in [0.1, 0.15) is 66.2 Å². The monoisotopic (exact) mass is 601 g/mol. The molecule has 1 aliphatic heterocycles. The summed E-state index contributed by atoms with van der Waals surface area (Å²) in [5, 5.41) is 0. The van der Waals surface area contributed by atoms with Crippen LogP contribution in [0.2, 0.25) is 0 Å². The van der Waals surface area contributed by atoms with E-state index in [1.807, 2.05) is 0 Å². The van der Waals surface area contributed by atoms with E-state index in [4.69, 9.17) is 9.47 Å². The van der Waals surface area contributed by atoms with E-state index in [2.05, 4.69) is 0 Å². The minimum Gasteiger partial charge on any atom is -0.496 e. The van der Waals surface area contributed by atoms with Crippen LogP contribution in [-0.2, 0) is 30.3 Å². The Balaban J connectivity index is 1.80. The van der Waals surface area contributed by atoms with Crippen LogP contribution in [0.25, 0.3) is 11.1 Å². The van der Waals surface area contributed by atoms with E-state index in [0.29, 0.717) is 11.6 Å². The Morgan fingerprint density at radius 1 is 0.929 bits per heavy atom. The van der Waals surface area contributed by atoms with Gasteiger partial charge in [-0.05, 0) is 77.1 Å². The fourth-order valence-electron chi connectivity index (χ4n) is 5.02. The van der Waals surface area contributed by atoms with E-state index in [9.17, 15) is 39.9 Å². The highest BCUT2D eigenvalue weighted by atomic mass is 19.4. The predicted molar refractivity (Wildman–Crippen MR) is 138 cm³/mol. The first-order valence-electron chi connectivity index (χ1n) is 12.9. The molecule has 2 atom stereocenters. The van der Waals surface area contributed by atoms with Gasteiger partial charge in [-0.15, -0.1) is 0 Å². The molecule has 1 heterocycles. The molecule has 0 unspecified atom stereocenters. The average molecular weight is 602 g/mol. The summed E-state index contributed by atoms with van der Waals surface area (Å²) in [7, 11) is 1.28. The number of rotatable bonds is 7. The van der Waals surface area contributed by atoms with Crippen molar-refractivity contribution in [3.63, 3.8) is 0 Å². The molecule has 0 saturated carbocycles. The van der Waals surface area contributed by atoms with Gasteiger partial charge < -0.3 is 9.47 Å². The molecule has 1 saturated heterocycles. The lowest BCUT2D eigenvalue weighted by atomic mass is 9.91. The lowest BCUT2D eigenvalue weighted by Crippen LogP contribution is -2.31. The second kappa shape index (κ2) is 11.4. The quantitative estimate of drug-likeness (QED) is 0.254. The second-order valence-corrected chi connectivity index (χ2v) is 10.4. The lowest BCUT2D eigenvalue weighted by Gasteiger charge is -2.24. The Bertz CT molecular complexity index is 1480. The maximum absolute atomic E-state index is 14.7. The predicted octanol–water partition coefficient (Wildman–Crippen LogP) is 9.21. The SMILES string of the molecule is COc1cc(F)c(C(C)C)cc1-c1ccc(C(F)(F)F)cc1CN1C(=O)O[C@H](c2cc(CF)cc(C(F)(F)F)c2)[C@@H]1C. The molecule has 0 bridgehead atoms. The second-order valence-electron chi connectivity index (χ2n) is 10.4. The molecule has 12 heteroatoms. The van der Waals surface area contributed by atoms with Crippen molar-refractivity contribution in [3.05, 3.63) is 87.7 Å². The Morgan fingerprint density at radius 3 is 2.17 bits per heavy atom. The number of carbonyl (C=O) groups excluding carboxylic acids is 1. The highest BCUT2D eigenvalue weighted by Gasteiger charge is 2.42. The van der Waals surface area contributed by atoms with Gasteiger partial charge in [0, 0.05) is 11.6 Å². The van der Waals surface area contributed by atoms with E-state index in [1.165, 1.54) is 26.2 Å². The molecule has 4 rings (SSSR count). The van der Waals surface area contributed by atoms with Crippen LogP contribution in [0.4, 0.5) is 39.9 Å². The van der Waals surface area contributed by atoms with Crippen molar-refractivity contribution >= 4 is 6.09 Å².